The molecule has 0 saturated heterocycles. The van der Waals surface area contributed by atoms with Gasteiger partial charge in [-0.15, -0.1) is 0 Å². The molecule has 0 fully saturated rings. The Balaban J connectivity index is 0.000000671. The van der Waals surface area contributed by atoms with Crippen LogP contribution in [0, 0.1) is 5.92 Å². The third-order valence-electron chi connectivity index (χ3n) is 1.84. The maximum absolute atomic E-state index is 4.02. The van der Waals surface area contributed by atoms with E-state index in [4.69, 9.17) is 0 Å². The van der Waals surface area contributed by atoms with E-state index in [0.29, 0.717) is 5.92 Å². The molecule has 0 unspecified atom stereocenters. The molecule has 0 spiro atoms. The second-order valence-electron chi connectivity index (χ2n) is 3.05. The van der Waals surface area contributed by atoms with E-state index in [1.165, 1.54) is 11.1 Å². The van der Waals surface area contributed by atoms with Crippen molar-refractivity contribution in [3.05, 3.63) is 42.5 Å². The van der Waals surface area contributed by atoms with Gasteiger partial charge in [-0.05, 0) is 17.1 Å². The van der Waals surface area contributed by atoms with Gasteiger partial charge in [-0.25, -0.2) is 0 Å². The van der Waals surface area contributed by atoms with Gasteiger partial charge in [0.1, 0.15) is 0 Å². The van der Waals surface area contributed by atoms with E-state index in [1.807, 2.05) is 32.0 Å². The molecule has 1 rings (SSSR count). The van der Waals surface area contributed by atoms with Crippen molar-refractivity contribution in [1.82, 2.24) is 0 Å². The molecule has 0 radical (unpaired) electrons. The predicted molar refractivity (Wildman–Crippen MR) is 61.7 cm³/mol. The van der Waals surface area contributed by atoms with Gasteiger partial charge in [0.15, 0.2) is 0 Å². The standard InChI is InChI=1S/C11H14.C2H6/c1-9(2)10(3)11-7-5-4-6-8-11;1-2/h4-9H,3H2,1-2H3;1-2H3. The van der Waals surface area contributed by atoms with Gasteiger partial charge in [-0.1, -0.05) is 64.6 Å². The zero-order valence-electron chi connectivity index (χ0n) is 9.17. The number of hydrogen-bond donors (Lipinski definition) is 0. The van der Waals surface area contributed by atoms with Gasteiger partial charge in [-0.2, -0.15) is 0 Å². The molecule has 0 atom stereocenters. The lowest BCUT2D eigenvalue weighted by molar-refractivity contribution is 0.858. The molecule has 0 aliphatic rings. The summed E-state index contributed by atoms with van der Waals surface area (Å²) in [7, 11) is 0. The van der Waals surface area contributed by atoms with Gasteiger partial charge in [0, 0.05) is 0 Å². The van der Waals surface area contributed by atoms with Crippen LogP contribution >= 0.6 is 0 Å². The van der Waals surface area contributed by atoms with Crippen molar-refractivity contribution in [3.63, 3.8) is 0 Å². The molecule has 1 aromatic rings. The monoisotopic (exact) mass is 176 g/mol. The first-order valence-corrected chi connectivity index (χ1v) is 4.96. The number of allylic oxidation sites excluding steroid dienone is 1. The first-order valence-electron chi connectivity index (χ1n) is 4.96. The Morgan fingerprint density at radius 1 is 1.08 bits per heavy atom. The molecule has 0 aliphatic carbocycles. The van der Waals surface area contributed by atoms with Crippen molar-refractivity contribution < 1.29 is 0 Å². The second kappa shape index (κ2) is 6.47. The smallest absolute Gasteiger partial charge is 0.0219 e. The molecule has 0 aliphatic heterocycles. The third-order valence-corrected chi connectivity index (χ3v) is 1.84. The summed E-state index contributed by atoms with van der Waals surface area (Å²) in [6, 6.07) is 10.3. The van der Waals surface area contributed by atoms with Gasteiger partial charge < -0.3 is 0 Å². The zero-order valence-corrected chi connectivity index (χ0v) is 9.17. The summed E-state index contributed by atoms with van der Waals surface area (Å²) < 4.78 is 0. The average molecular weight is 176 g/mol. The van der Waals surface area contributed by atoms with Crippen LogP contribution in [0.4, 0.5) is 0 Å². The zero-order chi connectivity index (χ0) is 10.3. The minimum Gasteiger partial charge on any atom is -0.0950 e. The fourth-order valence-corrected chi connectivity index (χ4v) is 0.986. The molecule has 0 heteroatoms. The molecular formula is C13H20. The van der Waals surface area contributed by atoms with E-state index in [1.54, 1.807) is 0 Å². The van der Waals surface area contributed by atoms with Crippen LogP contribution in [0.5, 0.6) is 0 Å². The van der Waals surface area contributed by atoms with E-state index in [9.17, 15) is 0 Å². The Labute approximate surface area is 82.3 Å². The largest absolute Gasteiger partial charge is 0.0950 e. The Morgan fingerprint density at radius 2 is 1.54 bits per heavy atom. The molecule has 1 aromatic carbocycles. The fourth-order valence-electron chi connectivity index (χ4n) is 0.986. The first-order chi connectivity index (χ1) is 6.22. The highest BCUT2D eigenvalue weighted by atomic mass is 14.1. The minimum atomic E-state index is 0.539. The third kappa shape index (κ3) is 3.93. The number of rotatable bonds is 2. The van der Waals surface area contributed by atoms with Gasteiger partial charge in [0.05, 0.1) is 0 Å². The van der Waals surface area contributed by atoms with Crippen molar-refractivity contribution in [1.29, 1.82) is 0 Å². The van der Waals surface area contributed by atoms with Crippen molar-refractivity contribution in [2.45, 2.75) is 27.7 Å². The van der Waals surface area contributed by atoms with Crippen LogP contribution in [0.1, 0.15) is 33.3 Å². The molecule has 0 nitrogen and oxygen atoms in total. The Morgan fingerprint density at radius 3 is 1.92 bits per heavy atom. The Bertz CT molecular complexity index is 231. The number of hydrogen-bond acceptors (Lipinski definition) is 0. The lowest BCUT2D eigenvalue weighted by Crippen LogP contribution is -1.90. The molecule has 0 N–H and O–H groups in total. The fraction of sp³-hybridized carbons (Fsp3) is 0.385. The minimum absolute atomic E-state index is 0.539. The van der Waals surface area contributed by atoms with Crippen molar-refractivity contribution in [3.8, 4) is 0 Å². The van der Waals surface area contributed by atoms with Crippen LogP contribution in [0.25, 0.3) is 5.57 Å². The summed E-state index contributed by atoms with van der Waals surface area (Å²) in [6.07, 6.45) is 0. The van der Waals surface area contributed by atoms with Gasteiger partial charge in [0.25, 0.3) is 0 Å². The second-order valence-corrected chi connectivity index (χ2v) is 3.05. The molecule has 0 heterocycles. The molecule has 0 aromatic heterocycles. The van der Waals surface area contributed by atoms with Crippen molar-refractivity contribution in [2.24, 2.45) is 5.92 Å². The van der Waals surface area contributed by atoms with E-state index < -0.39 is 0 Å². The van der Waals surface area contributed by atoms with E-state index in [-0.39, 0.29) is 0 Å². The lowest BCUT2D eigenvalue weighted by atomic mass is 9.97. The molecule has 0 bridgehead atoms. The molecule has 0 saturated carbocycles. The van der Waals surface area contributed by atoms with Crippen LogP contribution in [0.15, 0.2) is 36.9 Å². The van der Waals surface area contributed by atoms with E-state index >= 15 is 0 Å². The summed E-state index contributed by atoms with van der Waals surface area (Å²) in [4.78, 5) is 0. The first kappa shape index (κ1) is 12.0. The summed E-state index contributed by atoms with van der Waals surface area (Å²) in [5, 5.41) is 0. The highest BCUT2D eigenvalue weighted by Gasteiger charge is 2.00. The summed E-state index contributed by atoms with van der Waals surface area (Å²) in [6.45, 7) is 12.3. The highest BCUT2D eigenvalue weighted by molar-refractivity contribution is 5.64. The predicted octanol–water partition coefficient (Wildman–Crippen LogP) is 4.38. The topological polar surface area (TPSA) is 0 Å². The Hall–Kier alpha value is -1.04. The molecule has 72 valence electrons. The quantitative estimate of drug-likeness (QED) is 0.627. The molecule has 0 amide bonds. The van der Waals surface area contributed by atoms with Gasteiger partial charge >= 0.3 is 0 Å². The van der Waals surface area contributed by atoms with Gasteiger partial charge in [-0.3, -0.25) is 0 Å². The van der Waals surface area contributed by atoms with E-state index in [0.717, 1.165) is 0 Å². The molecule has 13 heavy (non-hydrogen) atoms. The lowest BCUT2D eigenvalue weighted by Gasteiger charge is -2.08. The normalized spacial score (nSPS) is 9.00. The Kier molecular flexibility index (Phi) is 5.96. The van der Waals surface area contributed by atoms with Crippen molar-refractivity contribution in [2.75, 3.05) is 0 Å². The summed E-state index contributed by atoms with van der Waals surface area (Å²) in [5.41, 5.74) is 2.47. The van der Waals surface area contributed by atoms with Crippen LogP contribution in [0.2, 0.25) is 0 Å². The number of benzene rings is 1. The average Bonchev–Trinajstić information content (AvgIpc) is 2.21. The van der Waals surface area contributed by atoms with Crippen LogP contribution in [-0.4, -0.2) is 0 Å². The van der Waals surface area contributed by atoms with Crippen LogP contribution in [-0.2, 0) is 0 Å². The van der Waals surface area contributed by atoms with E-state index in [2.05, 4.69) is 32.6 Å². The maximum Gasteiger partial charge on any atom is -0.0219 e. The molecular weight excluding hydrogens is 156 g/mol. The maximum atomic E-state index is 4.02. The van der Waals surface area contributed by atoms with Gasteiger partial charge in [0.2, 0.25) is 0 Å². The summed E-state index contributed by atoms with van der Waals surface area (Å²) >= 11 is 0. The SMILES string of the molecule is C=C(c1ccccc1)C(C)C.CC. The highest BCUT2D eigenvalue weighted by Crippen LogP contribution is 2.19. The van der Waals surface area contributed by atoms with Crippen LogP contribution < -0.4 is 0 Å². The van der Waals surface area contributed by atoms with Crippen molar-refractivity contribution >= 4 is 5.57 Å². The van der Waals surface area contributed by atoms with Crippen LogP contribution in [0.3, 0.4) is 0 Å². The summed E-state index contributed by atoms with van der Waals surface area (Å²) in [5.74, 6) is 0.539.